The van der Waals surface area contributed by atoms with Gasteiger partial charge in [0.1, 0.15) is 5.75 Å². The molecule has 0 saturated carbocycles. The molecule has 0 radical (unpaired) electrons. The first-order valence-electron chi connectivity index (χ1n) is 3.60. The number of rotatable bonds is 0. The van der Waals surface area contributed by atoms with Crippen molar-refractivity contribution in [3.05, 3.63) is 33.9 Å². The molecule has 1 aromatic carbocycles. The Kier molecular flexibility index (Phi) is 2.14. The molecule has 1 aromatic heterocycles. The van der Waals surface area contributed by atoms with Crippen molar-refractivity contribution in [1.82, 2.24) is 4.98 Å². The molecule has 13 heavy (non-hydrogen) atoms. The van der Waals surface area contributed by atoms with Crippen molar-refractivity contribution in [1.29, 1.82) is 0 Å². The number of halogens is 2. The van der Waals surface area contributed by atoms with Crippen LogP contribution in [0.2, 0.25) is 5.02 Å². The third kappa shape index (κ3) is 1.62. The second-order valence-corrected chi connectivity index (χ2v) is 3.98. The Bertz CT molecular complexity index is 467. The Hall–Kier alpha value is -0.800. The summed E-state index contributed by atoms with van der Waals surface area (Å²) in [5.74, 6) is 0.140. The summed E-state index contributed by atoms with van der Waals surface area (Å²) in [7, 11) is 0. The molecule has 66 valence electrons. The molecule has 0 aliphatic carbocycles. The molecule has 0 bridgehead atoms. The lowest BCUT2D eigenvalue weighted by Crippen LogP contribution is -1.80. The molecule has 0 aliphatic rings. The molecule has 0 fully saturated rings. The van der Waals surface area contributed by atoms with Crippen molar-refractivity contribution in [2.45, 2.75) is 0 Å². The first-order valence-corrected chi connectivity index (χ1v) is 4.78. The number of aromatic nitrogens is 1. The Morgan fingerprint density at radius 2 is 2.08 bits per heavy atom. The maximum Gasteiger partial charge on any atom is 0.134 e. The minimum Gasteiger partial charge on any atom is -0.506 e. The molecule has 0 atom stereocenters. The summed E-state index contributed by atoms with van der Waals surface area (Å²) < 4.78 is 0.873. The molecule has 1 heterocycles. The highest BCUT2D eigenvalue weighted by molar-refractivity contribution is 9.10. The molecular formula is C9H5BrClNO. The first kappa shape index (κ1) is 8.78. The van der Waals surface area contributed by atoms with Crippen molar-refractivity contribution in [2.75, 3.05) is 0 Å². The molecule has 2 aromatic rings. The van der Waals surface area contributed by atoms with Gasteiger partial charge >= 0.3 is 0 Å². The van der Waals surface area contributed by atoms with Gasteiger partial charge in [0.2, 0.25) is 0 Å². The van der Waals surface area contributed by atoms with E-state index in [-0.39, 0.29) is 5.75 Å². The summed E-state index contributed by atoms with van der Waals surface area (Å²) in [6, 6.07) is 5.25. The highest BCUT2D eigenvalue weighted by atomic mass is 79.9. The molecular weight excluding hydrogens is 253 g/mol. The van der Waals surface area contributed by atoms with Crippen molar-refractivity contribution >= 4 is 38.4 Å². The molecule has 0 aliphatic heterocycles. The summed E-state index contributed by atoms with van der Waals surface area (Å²) in [5, 5.41) is 10.6. The maximum absolute atomic E-state index is 9.19. The van der Waals surface area contributed by atoms with Crippen LogP contribution in [0.3, 0.4) is 0 Å². The van der Waals surface area contributed by atoms with Gasteiger partial charge in [-0.2, -0.15) is 0 Å². The second-order valence-electron chi connectivity index (χ2n) is 2.65. The van der Waals surface area contributed by atoms with E-state index >= 15 is 0 Å². The van der Waals surface area contributed by atoms with E-state index in [4.69, 9.17) is 11.6 Å². The summed E-state index contributed by atoms with van der Waals surface area (Å²) in [5.41, 5.74) is 0.697. The van der Waals surface area contributed by atoms with Crippen LogP contribution in [0.4, 0.5) is 0 Å². The number of nitrogens with zero attached hydrogens (tertiary/aromatic N) is 1. The fourth-order valence-electron chi connectivity index (χ4n) is 1.16. The fraction of sp³-hybridized carbons (Fsp3) is 0. The van der Waals surface area contributed by atoms with Gasteiger partial charge in [-0.15, -0.1) is 0 Å². The van der Waals surface area contributed by atoms with Crippen LogP contribution >= 0.6 is 27.5 Å². The fourth-order valence-corrected chi connectivity index (χ4v) is 2.04. The minimum absolute atomic E-state index is 0.140. The Labute approximate surface area is 88.3 Å². The van der Waals surface area contributed by atoms with Crippen LogP contribution in [-0.2, 0) is 0 Å². The normalized spacial score (nSPS) is 10.6. The minimum atomic E-state index is 0.140. The van der Waals surface area contributed by atoms with Crippen molar-refractivity contribution < 1.29 is 5.11 Å². The van der Waals surface area contributed by atoms with Crippen LogP contribution in [0.5, 0.6) is 5.75 Å². The third-order valence-corrected chi connectivity index (χ3v) is 2.43. The Morgan fingerprint density at radius 1 is 1.31 bits per heavy atom. The average molecular weight is 259 g/mol. The van der Waals surface area contributed by atoms with Gasteiger partial charge < -0.3 is 5.11 Å². The number of benzene rings is 1. The largest absolute Gasteiger partial charge is 0.506 e. The third-order valence-electron chi connectivity index (χ3n) is 1.69. The van der Waals surface area contributed by atoms with Gasteiger partial charge in [-0.25, -0.2) is 0 Å². The number of fused-ring (bicyclic) bond motifs is 1. The van der Waals surface area contributed by atoms with Crippen molar-refractivity contribution in [3.8, 4) is 5.75 Å². The van der Waals surface area contributed by atoms with Crippen LogP contribution < -0.4 is 0 Å². The predicted molar refractivity (Wildman–Crippen MR) is 56.1 cm³/mol. The molecule has 4 heteroatoms. The molecule has 0 unspecified atom stereocenters. The molecule has 0 spiro atoms. The molecule has 2 nitrogen and oxygen atoms in total. The second kappa shape index (κ2) is 3.16. The van der Waals surface area contributed by atoms with Crippen molar-refractivity contribution in [3.63, 3.8) is 0 Å². The topological polar surface area (TPSA) is 33.1 Å². The van der Waals surface area contributed by atoms with E-state index in [0.29, 0.717) is 10.5 Å². The van der Waals surface area contributed by atoms with E-state index < -0.39 is 0 Å². The van der Waals surface area contributed by atoms with Gasteiger partial charge in [-0.1, -0.05) is 27.5 Å². The van der Waals surface area contributed by atoms with Crippen LogP contribution in [0, 0.1) is 0 Å². The van der Waals surface area contributed by atoms with Crippen LogP contribution in [0.1, 0.15) is 0 Å². The van der Waals surface area contributed by atoms with Crippen molar-refractivity contribution in [2.24, 2.45) is 0 Å². The number of hydrogen-bond acceptors (Lipinski definition) is 2. The summed E-state index contributed by atoms with van der Waals surface area (Å²) in [4.78, 5) is 4.02. The SMILES string of the molecule is Oc1cnc2c(Cl)cc(Br)cc2c1. The Balaban J connectivity index is 2.86. The smallest absolute Gasteiger partial charge is 0.134 e. The summed E-state index contributed by atoms with van der Waals surface area (Å²) >= 11 is 9.25. The summed E-state index contributed by atoms with van der Waals surface area (Å²) in [6.45, 7) is 0. The summed E-state index contributed by atoms with van der Waals surface area (Å²) in [6.07, 6.45) is 1.38. The van der Waals surface area contributed by atoms with E-state index in [2.05, 4.69) is 20.9 Å². The van der Waals surface area contributed by atoms with Gasteiger partial charge in [0.15, 0.2) is 0 Å². The van der Waals surface area contributed by atoms with E-state index in [1.807, 2.05) is 6.07 Å². The number of pyridine rings is 1. The zero-order valence-corrected chi connectivity index (χ0v) is 8.80. The van der Waals surface area contributed by atoms with Gasteiger partial charge in [0.25, 0.3) is 0 Å². The standard InChI is InChI=1S/C9H5BrClNO/c10-6-1-5-2-7(13)4-12-9(5)8(11)3-6/h1-4,13H. The van der Waals surface area contributed by atoms with Gasteiger partial charge in [0, 0.05) is 9.86 Å². The lowest BCUT2D eigenvalue weighted by molar-refractivity contribution is 0.474. The van der Waals surface area contributed by atoms with E-state index in [1.165, 1.54) is 6.20 Å². The lowest BCUT2D eigenvalue weighted by Gasteiger charge is -2.00. The van der Waals surface area contributed by atoms with E-state index in [0.717, 1.165) is 9.86 Å². The predicted octanol–water partition coefficient (Wildman–Crippen LogP) is 3.36. The van der Waals surface area contributed by atoms with Gasteiger partial charge in [0.05, 0.1) is 16.7 Å². The zero-order valence-electron chi connectivity index (χ0n) is 6.46. The van der Waals surface area contributed by atoms with Crippen LogP contribution in [0.25, 0.3) is 10.9 Å². The Morgan fingerprint density at radius 3 is 2.85 bits per heavy atom. The maximum atomic E-state index is 9.19. The zero-order chi connectivity index (χ0) is 9.42. The lowest BCUT2D eigenvalue weighted by atomic mass is 10.2. The van der Waals surface area contributed by atoms with Crippen LogP contribution in [0.15, 0.2) is 28.9 Å². The highest BCUT2D eigenvalue weighted by Gasteiger charge is 2.02. The highest BCUT2D eigenvalue weighted by Crippen LogP contribution is 2.28. The number of hydrogen-bond donors (Lipinski definition) is 1. The van der Waals surface area contributed by atoms with E-state index in [1.54, 1.807) is 12.1 Å². The van der Waals surface area contributed by atoms with Gasteiger partial charge in [-0.3, -0.25) is 4.98 Å². The quantitative estimate of drug-likeness (QED) is 0.786. The number of aromatic hydroxyl groups is 1. The average Bonchev–Trinajstić information content (AvgIpc) is 2.02. The van der Waals surface area contributed by atoms with Gasteiger partial charge in [-0.05, 0) is 18.2 Å². The molecule has 1 N–H and O–H groups in total. The first-order chi connectivity index (χ1) is 6.16. The monoisotopic (exact) mass is 257 g/mol. The molecule has 0 saturated heterocycles. The van der Waals surface area contributed by atoms with E-state index in [9.17, 15) is 5.11 Å². The van der Waals surface area contributed by atoms with Crippen LogP contribution in [-0.4, -0.2) is 10.1 Å². The molecule has 2 rings (SSSR count). The molecule has 0 amide bonds.